The van der Waals surface area contributed by atoms with Crippen molar-refractivity contribution in [3.05, 3.63) is 41.7 Å². The lowest BCUT2D eigenvalue weighted by Crippen LogP contribution is -2.19. The van der Waals surface area contributed by atoms with E-state index in [1.807, 2.05) is 0 Å². The third kappa shape index (κ3) is 5.62. The number of aromatic amines is 1. The average molecular weight is 453 g/mol. The lowest BCUT2D eigenvalue weighted by Gasteiger charge is -2.13. The molecule has 6 nitrogen and oxygen atoms in total. The molecule has 0 saturated heterocycles. The number of nitrogens with one attached hydrogen (secondary N) is 1. The second-order valence-electron chi connectivity index (χ2n) is 6.04. The summed E-state index contributed by atoms with van der Waals surface area (Å²) in [4.78, 5) is 10.7. The van der Waals surface area contributed by atoms with E-state index in [4.69, 9.17) is 4.74 Å². The molecular weight excluding hydrogens is 440 g/mol. The molecule has 0 aliphatic rings. The molecule has 0 aliphatic carbocycles. The Kier molecular flexibility index (Phi) is 5.92. The van der Waals surface area contributed by atoms with E-state index in [0.717, 1.165) is 12.1 Å². The molecule has 162 valence electrons. The minimum atomic E-state index is -4.86. The number of hydrogen-bond acceptors (Lipinski definition) is 5. The minimum Gasteiger partial charge on any atom is -0.484 e. The number of pyridine rings is 1. The number of aromatic nitrogens is 3. The number of H-pyrrole nitrogens is 1. The normalized spacial score (nSPS) is 13.4. The van der Waals surface area contributed by atoms with E-state index in [2.05, 4.69) is 19.7 Å². The summed E-state index contributed by atoms with van der Waals surface area (Å²) in [5, 5.41) is -0.0306. The predicted octanol–water partition coefficient (Wildman–Crippen LogP) is 4.41. The highest BCUT2D eigenvalue weighted by Gasteiger charge is 2.31. The molecular formula is C17H13F6N3O3S. The predicted molar refractivity (Wildman–Crippen MR) is 93.4 cm³/mol. The molecule has 2 aromatic heterocycles. The third-order valence-corrected chi connectivity index (χ3v) is 4.96. The summed E-state index contributed by atoms with van der Waals surface area (Å²) in [6, 6.07) is 4.65. The fourth-order valence-electron chi connectivity index (χ4n) is 2.48. The Labute approximate surface area is 167 Å². The van der Waals surface area contributed by atoms with Crippen molar-refractivity contribution < 1.29 is 40.0 Å². The summed E-state index contributed by atoms with van der Waals surface area (Å²) in [6.45, 7) is -0.00306. The molecule has 1 atom stereocenters. The van der Waals surface area contributed by atoms with E-state index in [1.165, 1.54) is 25.3 Å². The minimum absolute atomic E-state index is 0.0306. The molecule has 0 saturated carbocycles. The topological polar surface area (TPSA) is 77.1 Å². The van der Waals surface area contributed by atoms with Gasteiger partial charge in [0.15, 0.2) is 11.8 Å². The Bertz CT molecular complexity index is 1080. The van der Waals surface area contributed by atoms with Gasteiger partial charge in [0.2, 0.25) is 0 Å². The van der Waals surface area contributed by atoms with E-state index in [0.29, 0.717) is 0 Å². The van der Waals surface area contributed by atoms with Gasteiger partial charge in [-0.1, -0.05) is 0 Å². The molecule has 1 unspecified atom stereocenters. The molecule has 1 N–H and O–H groups in total. The smallest absolute Gasteiger partial charge is 0.484 e. The van der Waals surface area contributed by atoms with Crippen molar-refractivity contribution in [3.8, 4) is 11.5 Å². The van der Waals surface area contributed by atoms with Crippen LogP contribution in [-0.4, -0.2) is 38.3 Å². The molecule has 1 aromatic carbocycles. The van der Waals surface area contributed by atoms with Gasteiger partial charge >= 0.3 is 12.5 Å². The lowest BCUT2D eigenvalue weighted by atomic mass is 10.2. The number of imidazole rings is 1. The second-order valence-corrected chi connectivity index (χ2v) is 7.41. The van der Waals surface area contributed by atoms with Crippen molar-refractivity contribution in [3.63, 3.8) is 0 Å². The number of halogens is 6. The van der Waals surface area contributed by atoms with Gasteiger partial charge in [0.05, 0.1) is 33.3 Å². The van der Waals surface area contributed by atoms with Crippen molar-refractivity contribution in [2.45, 2.75) is 30.4 Å². The molecule has 0 aliphatic heterocycles. The van der Waals surface area contributed by atoms with Crippen LogP contribution in [0.15, 0.2) is 35.6 Å². The zero-order valence-corrected chi connectivity index (χ0v) is 15.9. The van der Waals surface area contributed by atoms with Gasteiger partial charge in [-0.3, -0.25) is 9.19 Å². The quantitative estimate of drug-likeness (QED) is 0.560. The number of hydrogen-bond donors (Lipinski definition) is 1. The first kappa shape index (κ1) is 21.9. The van der Waals surface area contributed by atoms with E-state index < -0.39 is 35.7 Å². The largest absolute Gasteiger partial charge is 0.573 e. The van der Waals surface area contributed by atoms with Gasteiger partial charge in [0, 0.05) is 17.8 Å². The fourth-order valence-corrected chi connectivity index (χ4v) is 3.58. The van der Waals surface area contributed by atoms with Gasteiger partial charge in [-0.2, -0.15) is 13.2 Å². The summed E-state index contributed by atoms with van der Waals surface area (Å²) < 4.78 is 95.2. The molecule has 0 radical (unpaired) electrons. The maximum Gasteiger partial charge on any atom is 0.573 e. The van der Waals surface area contributed by atoms with Crippen molar-refractivity contribution >= 4 is 21.8 Å². The first-order valence-corrected chi connectivity index (χ1v) is 9.51. The molecule has 13 heteroatoms. The summed E-state index contributed by atoms with van der Waals surface area (Å²) in [7, 11) is -1.80. The van der Waals surface area contributed by atoms with Crippen LogP contribution >= 0.6 is 0 Å². The standard InChI is InChI=1S/C17H13F6N3O3S/c1-9-13(24-5-4-14(9)28-8-16(18,19)20)7-30(27)15-25-11-3-2-10(6-12(11)26-15)29-17(21,22)23/h2-6H,7-8H2,1H3,(H,25,26). The van der Waals surface area contributed by atoms with Crippen LogP contribution < -0.4 is 9.47 Å². The monoisotopic (exact) mass is 453 g/mol. The Morgan fingerprint density at radius 1 is 1.13 bits per heavy atom. The van der Waals surface area contributed by atoms with Crippen LogP contribution in [0.5, 0.6) is 11.5 Å². The highest BCUT2D eigenvalue weighted by molar-refractivity contribution is 7.84. The highest BCUT2D eigenvalue weighted by Crippen LogP contribution is 2.27. The lowest BCUT2D eigenvalue weighted by molar-refractivity contribution is -0.274. The molecule has 3 rings (SSSR count). The summed E-state index contributed by atoms with van der Waals surface area (Å²) in [6.07, 6.45) is -8.14. The number of alkyl halides is 6. The van der Waals surface area contributed by atoms with Crippen LogP contribution in [-0.2, 0) is 16.6 Å². The van der Waals surface area contributed by atoms with Gasteiger partial charge in [-0.15, -0.1) is 13.2 Å². The average Bonchev–Trinajstić information content (AvgIpc) is 3.03. The maximum absolute atomic E-state index is 12.6. The number of ether oxygens (including phenoxy) is 2. The second kappa shape index (κ2) is 8.13. The Balaban J connectivity index is 1.78. The van der Waals surface area contributed by atoms with Gasteiger partial charge in [-0.05, 0) is 25.1 Å². The van der Waals surface area contributed by atoms with Crippen LogP contribution in [0.3, 0.4) is 0 Å². The Hall–Kier alpha value is -2.83. The Morgan fingerprint density at radius 2 is 1.87 bits per heavy atom. The first-order chi connectivity index (χ1) is 13.9. The molecule has 2 heterocycles. The van der Waals surface area contributed by atoms with Crippen molar-refractivity contribution in [1.82, 2.24) is 15.0 Å². The van der Waals surface area contributed by atoms with Crippen molar-refractivity contribution in [2.75, 3.05) is 6.61 Å². The van der Waals surface area contributed by atoms with Gasteiger partial charge < -0.3 is 14.5 Å². The summed E-state index contributed by atoms with van der Waals surface area (Å²) in [5.74, 6) is -0.711. The van der Waals surface area contributed by atoms with Gasteiger partial charge in [-0.25, -0.2) is 4.98 Å². The third-order valence-electron chi connectivity index (χ3n) is 3.80. The first-order valence-electron chi connectivity index (χ1n) is 8.19. The molecule has 0 spiro atoms. The van der Waals surface area contributed by atoms with Gasteiger partial charge in [0.1, 0.15) is 11.5 Å². The van der Waals surface area contributed by atoms with Crippen LogP contribution in [0, 0.1) is 6.92 Å². The molecule has 0 bridgehead atoms. The SMILES string of the molecule is Cc1c(OCC(F)(F)F)ccnc1CS(=O)c1nc2ccc(OC(F)(F)F)cc2[nH]1. The van der Waals surface area contributed by atoms with Crippen molar-refractivity contribution in [2.24, 2.45) is 0 Å². The van der Waals surface area contributed by atoms with E-state index >= 15 is 0 Å². The highest BCUT2D eigenvalue weighted by atomic mass is 32.2. The van der Waals surface area contributed by atoms with E-state index in [9.17, 15) is 30.6 Å². The molecule has 0 fully saturated rings. The number of rotatable bonds is 6. The summed E-state index contributed by atoms with van der Waals surface area (Å²) >= 11 is 0. The zero-order chi connectivity index (χ0) is 22.1. The molecule has 30 heavy (non-hydrogen) atoms. The maximum atomic E-state index is 12.6. The number of fused-ring (bicyclic) bond motifs is 1. The van der Waals surface area contributed by atoms with E-state index in [-0.39, 0.29) is 38.9 Å². The number of nitrogens with zero attached hydrogens (tertiary/aromatic N) is 2. The van der Waals surface area contributed by atoms with Crippen LogP contribution in [0.25, 0.3) is 11.0 Å². The molecule has 3 aromatic rings. The van der Waals surface area contributed by atoms with Crippen molar-refractivity contribution in [1.29, 1.82) is 0 Å². The van der Waals surface area contributed by atoms with E-state index in [1.54, 1.807) is 0 Å². The zero-order valence-electron chi connectivity index (χ0n) is 15.1. The van der Waals surface area contributed by atoms with Crippen LogP contribution in [0.1, 0.15) is 11.3 Å². The Morgan fingerprint density at radius 3 is 2.53 bits per heavy atom. The van der Waals surface area contributed by atoms with Gasteiger partial charge in [0.25, 0.3) is 0 Å². The number of benzene rings is 1. The summed E-state index contributed by atoms with van der Waals surface area (Å²) in [5.41, 5.74) is 0.952. The molecule has 0 amide bonds. The van der Waals surface area contributed by atoms with Crippen LogP contribution in [0.2, 0.25) is 0 Å². The fraction of sp³-hybridized carbons (Fsp3) is 0.294. The van der Waals surface area contributed by atoms with Crippen LogP contribution in [0.4, 0.5) is 26.3 Å².